The number of aldehydes is 1. The van der Waals surface area contributed by atoms with Gasteiger partial charge in [0.05, 0.1) is 36.8 Å². The van der Waals surface area contributed by atoms with E-state index in [0.717, 1.165) is 6.54 Å². The van der Waals surface area contributed by atoms with Crippen LogP contribution in [-0.4, -0.2) is 46.7 Å². The average molecular weight is 390 g/mol. The van der Waals surface area contributed by atoms with E-state index in [4.69, 9.17) is 10.5 Å². The summed E-state index contributed by atoms with van der Waals surface area (Å²) in [7, 11) is 0.0525. The third kappa shape index (κ3) is 5.23. The molecule has 0 saturated heterocycles. The molecule has 0 radical (unpaired) electrons. The Morgan fingerprint density at radius 1 is 1.46 bits per heavy atom. The summed E-state index contributed by atoms with van der Waals surface area (Å²) in [5, 5.41) is 9.55. The molecule has 150 valence electrons. The van der Waals surface area contributed by atoms with Crippen molar-refractivity contribution in [2.24, 2.45) is 5.73 Å². The second-order valence-electron chi connectivity index (χ2n) is 5.35. The van der Waals surface area contributed by atoms with E-state index in [2.05, 4.69) is 4.72 Å². The predicted molar refractivity (Wildman–Crippen MR) is 104 cm³/mol. The molecule has 0 saturated carbocycles. The number of hydrogen-bond acceptors (Lipinski definition) is 6. The van der Waals surface area contributed by atoms with E-state index in [1.807, 2.05) is 20.8 Å². The lowest BCUT2D eigenvalue weighted by atomic mass is 10.1. The number of pyridine rings is 1. The molecular formula is C17H31N3O5S. The van der Waals surface area contributed by atoms with Gasteiger partial charge in [-0.05, 0) is 19.9 Å². The predicted octanol–water partition coefficient (Wildman–Crippen LogP) is 0.830. The number of fused-ring (bicyclic) bond motifs is 1. The number of nitrogens with zero attached hydrogens (tertiary/aromatic N) is 1. The topological polar surface area (TPSA) is 124 Å². The number of nitrogens with two attached hydrogens (primary N) is 1. The van der Waals surface area contributed by atoms with E-state index in [-0.39, 0.29) is 35.6 Å². The molecule has 8 nitrogen and oxygen atoms in total. The SMILES string of the molecule is CC.CCN.COc1c(C=O)n2c(c(C)c1=O)C(NS(C)=O)CC2CO. The zero-order valence-corrected chi connectivity index (χ0v) is 17.2. The van der Waals surface area contributed by atoms with Crippen LogP contribution in [0.2, 0.25) is 0 Å². The Kier molecular flexibility index (Phi) is 11.2. The number of methoxy groups -OCH3 is 1. The molecule has 0 aromatic carbocycles. The number of hydrogen-bond donors (Lipinski definition) is 3. The first-order chi connectivity index (χ1) is 12.4. The molecule has 3 atom stereocenters. The fourth-order valence-electron chi connectivity index (χ4n) is 2.90. The normalized spacial score (nSPS) is 18.6. The Morgan fingerprint density at radius 3 is 2.38 bits per heavy atom. The lowest BCUT2D eigenvalue weighted by molar-refractivity contribution is 0.110. The first-order valence-electron chi connectivity index (χ1n) is 8.56. The molecule has 1 aliphatic rings. The van der Waals surface area contributed by atoms with E-state index in [9.17, 15) is 18.9 Å². The van der Waals surface area contributed by atoms with Crippen LogP contribution in [-0.2, 0) is 11.0 Å². The highest BCUT2D eigenvalue weighted by molar-refractivity contribution is 7.82. The van der Waals surface area contributed by atoms with E-state index in [1.165, 1.54) is 13.4 Å². The lowest BCUT2D eigenvalue weighted by Crippen LogP contribution is -2.26. The first-order valence-corrected chi connectivity index (χ1v) is 10.1. The van der Waals surface area contributed by atoms with Gasteiger partial charge in [0, 0.05) is 17.5 Å². The van der Waals surface area contributed by atoms with Crippen LogP contribution < -0.4 is 20.6 Å². The molecule has 26 heavy (non-hydrogen) atoms. The van der Waals surface area contributed by atoms with Gasteiger partial charge in [0.2, 0.25) is 5.43 Å². The lowest BCUT2D eigenvalue weighted by Gasteiger charge is -2.19. The third-order valence-corrected chi connectivity index (χ3v) is 4.34. The van der Waals surface area contributed by atoms with Crippen molar-refractivity contribution in [2.45, 2.75) is 46.2 Å². The van der Waals surface area contributed by atoms with Crippen molar-refractivity contribution in [1.82, 2.24) is 9.29 Å². The second-order valence-corrected chi connectivity index (χ2v) is 6.49. The molecule has 3 unspecified atom stereocenters. The highest BCUT2D eigenvalue weighted by atomic mass is 32.2. The van der Waals surface area contributed by atoms with E-state index in [0.29, 0.717) is 24.0 Å². The number of aliphatic hydroxyl groups is 1. The summed E-state index contributed by atoms with van der Waals surface area (Å²) < 4.78 is 21.0. The number of aliphatic hydroxyl groups excluding tert-OH is 1. The van der Waals surface area contributed by atoms with Gasteiger partial charge in [-0.3, -0.25) is 9.59 Å². The molecular weight excluding hydrogens is 358 g/mol. The van der Waals surface area contributed by atoms with Crippen molar-refractivity contribution in [3.05, 3.63) is 27.2 Å². The summed E-state index contributed by atoms with van der Waals surface area (Å²) in [6.45, 7) is 8.10. The summed E-state index contributed by atoms with van der Waals surface area (Å²) in [5.41, 5.74) is 5.60. The Bertz CT molecular complexity index is 675. The van der Waals surface area contributed by atoms with Gasteiger partial charge < -0.3 is 20.1 Å². The van der Waals surface area contributed by atoms with Gasteiger partial charge in [0.25, 0.3) is 0 Å². The smallest absolute Gasteiger partial charge is 0.227 e. The van der Waals surface area contributed by atoms with Gasteiger partial charge in [0.1, 0.15) is 5.69 Å². The van der Waals surface area contributed by atoms with Gasteiger partial charge in [0.15, 0.2) is 12.0 Å². The van der Waals surface area contributed by atoms with Crippen molar-refractivity contribution < 1.29 is 18.8 Å². The Balaban J connectivity index is 0.00000113. The van der Waals surface area contributed by atoms with Crippen LogP contribution in [0, 0.1) is 6.92 Å². The molecule has 1 aromatic rings. The fourth-order valence-corrected chi connectivity index (χ4v) is 3.51. The van der Waals surface area contributed by atoms with Crippen LogP contribution >= 0.6 is 0 Å². The van der Waals surface area contributed by atoms with E-state index < -0.39 is 11.0 Å². The Labute approximate surface area is 157 Å². The minimum atomic E-state index is -1.28. The fraction of sp³-hybridized carbons (Fsp3) is 0.647. The number of aromatic nitrogens is 1. The summed E-state index contributed by atoms with van der Waals surface area (Å²) >= 11 is 0. The van der Waals surface area contributed by atoms with Gasteiger partial charge in [-0.15, -0.1) is 0 Å². The van der Waals surface area contributed by atoms with Crippen molar-refractivity contribution in [3.63, 3.8) is 0 Å². The highest BCUT2D eigenvalue weighted by Gasteiger charge is 2.36. The highest BCUT2D eigenvalue weighted by Crippen LogP contribution is 2.38. The third-order valence-electron chi connectivity index (χ3n) is 3.72. The van der Waals surface area contributed by atoms with Crippen LogP contribution in [0.4, 0.5) is 0 Å². The minimum absolute atomic E-state index is 0.0250. The number of nitrogens with one attached hydrogen (secondary N) is 1. The molecule has 1 aliphatic heterocycles. The maximum atomic E-state index is 12.3. The van der Waals surface area contributed by atoms with Crippen LogP contribution in [0.15, 0.2) is 4.79 Å². The van der Waals surface area contributed by atoms with Crippen LogP contribution in [0.3, 0.4) is 0 Å². The molecule has 0 amide bonds. The number of rotatable bonds is 5. The molecule has 0 aliphatic carbocycles. The maximum Gasteiger partial charge on any atom is 0.227 e. The molecule has 2 heterocycles. The largest absolute Gasteiger partial charge is 0.491 e. The van der Waals surface area contributed by atoms with Gasteiger partial charge >= 0.3 is 0 Å². The Morgan fingerprint density at radius 2 is 2.00 bits per heavy atom. The van der Waals surface area contributed by atoms with E-state index >= 15 is 0 Å². The summed E-state index contributed by atoms with van der Waals surface area (Å²) in [6.07, 6.45) is 2.50. The standard InChI is InChI=1S/C13H18N2O5S.C2H7N.C2H6/c1-7-11-9(14-21(3)19)4-8(5-16)15(11)10(6-17)13(20-2)12(7)18;1-2-3;1-2/h6,8-9,14,16H,4-5H2,1-3H3;2-3H2,1H3;1-2H3. The van der Waals surface area contributed by atoms with Crippen LogP contribution in [0.5, 0.6) is 5.75 Å². The minimum Gasteiger partial charge on any atom is -0.491 e. The summed E-state index contributed by atoms with van der Waals surface area (Å²) in [4.78, 5) is 23.7. The molecule has 0 spiro atoms. The van der Waals surface area contributed by atoms with Crippen molar-refractivity contribution in [1.29, 1.82) is 0 Å². The van der Waals surface area contributed by atoms with Crippen molar-refractivity contribution in [3.8, 4) is 5.75 Å². The molecule has 2 rings (SSSR count). The van der Waals surface area contributed by atoms with Crippen LogP contribution in [0.1, 0.15) is 61.0 Å². The Hall–Kier alpha value is -1.55. The van der Waals surface area contributed by atoms with E-state index in [1.54, 1.807) is 11.5 Å². The molecule has 4 N–H and O–H groups in total. The maximum absolute atomic E-state index is 12.3. The second kappa shape index (κ2) is 11.9. The van der Waals surface area contributed by atoms with Crippen molar-refractivity contribution >= 4 is 17.3 Å². The number of carbonyl (C=O) groups excluding carboxylic acids is 1. The van der Waals surface area contributed by atoms with Gasteiger partial charge in [-0.2, -0.15) is 0 Å². The first kappa shape index (κ1) is 24.5. The summed E-state index contributed by atoms with van der Waals surface area (Å²) in [6, 6.07) is -0.722. The average Bonchev–Trinajstić information content (AvgIpc) is 2.97. The zero-order valence-electron chi connectivity index (χ0n) is 16.4. The quantitative estimate of drug-likeness (QED) is 0.641. The van der Waals surface area contributed by atoms with Crippen LogP contribution in [0.25, 0.3) is 0 Å². The van der Waals surface area contributed by atoms with Gasteiger partial charge in [-0.1, -0.05) is 20.8 Å². The summed E-state index contributed by atoms with van der Waals surface area (Å²) in [5.74, 6) is -0.0250. The monoisotopic (exact) mass is 389 g/mol. The molecule has 1 aromatic heterocycles. The number of ether oxygens (including phenoxy) is 1. The van der Waals surface area contributed by atoms with Crippen molar-refractivity contribution in [2.75, 3.05) is 26.5 Å². The number of carbonyl (C=O) groups is 1. The molecule has 0 fully saturated rings. The molecule has 9 heteroatoms. The zero-order chi connectivity index (χ0) is 20.4. The molecule has 0 bridgehead atoms. The van der Waals surface area contributed by atoms with Gasteiger partial charge in [-0.25, -0.2) is 8.93 Å².